The first-order chi connectivity index (χ1) is 7.95. The summed E-state index contributed by atoms with van der Waals surface area (Å²) in [5, 5.41) is 20.7. The van der Waals surface area contributed by atoms with Gasteiger partial charge in [0.1, 0.15) is 6.10 Å². The van der Waals surface area contributed by atoms with Gasteiger partial charge in [-0.2, -0.15) is 0 Å². The molecule has 1 heterocycles. The number of hydrogen-bond acceptors (Lipinski definition) is 3. The Labute approximate surface area is 103 Å². The molecule has 0 bridgehead atoms. The van der Waals surface area contributed by atoms with Gasteiger partial charge in [-0.15, -0.1) is 0 Å². The molecular weight excluding hydrogens is 216 g/mol. The predicted molar refractivity (Wildman–Crippen MR) is 66.6 cm³/mol. The number of aliphatic hydroxyl groups is 2. The van der Waals surface area contributed by atoms with Crippen molar-refractivity contribution in [2.24, 2.45) is 5.92 Å². The monoisotopic (exact) mass is 238 g/mol. The minimum atomic E-state index is -0.773. The van der Waals surface area contributed by atoms with E-state index in [1.807, 2.05) is 39.0 Å². The molecule has 1 saturated heterocycles. The van der Waals surface area contributed by atoms with E-state index < -0.39 is 11.7 Å². The maximum Gasteiger partial charge on any atom is 0.101 e. The van der Waals surface area contributed by atoms with E-state index in [0.29, 0.717) is 6.42 Å². The van der Waals surface area contributed by atoms with E-state index in [-0.39, 0.29) is 18.1 Å². The van der Waals surface area contributed by atoms with Crippen molar-refractivity contribution in [3.05, 3.63) is 23.8 Å². The van der Waals surface area contributed by atoms with E-state index in [0.717, 1.165) is 12.0 Å². The first-order valence-electron chi connectivity index (χ1n) is 6.31. The van der Waals surface area contributed by atoms with Crippen molar-refractivity contribution in [1.82, 2.24) is 0 Å². The summed E-state index contributed by atoms with van der Waals surface area (Å²) in [7, 11) is 0. The van der Waals surface area contributed by atoms with Crippen LogP contribution in [0, 0.1) is 5.92 Å². The van der Waals surface area contributed by atoms with Crippen molar-refractivity contribution in [2.45, 2.75) is 57.5 Å². The van der Waals surface area contributed by atoms with Crippen LogP contribution in [0.15, 0.2) is 23.8 Å². The molecule has 1 aliphatic carbocycles. The Bertz CT molecular complexity index is 343. The molecule has 0 amide bonds. The van der Waals surface area contributed by atoms with Crippen molar-refractivity contribution < 1.29 is 14.9 Å². The van der Waals surface area contributed by atoms with Crippen LogP contribution in [0.25, 0.3) is 0 Å². The molecule has 0 radical (unpaired) electrons. The summed E-state index contributed by atoms with van der Waals surface area (Å²) in [6.45, 7) is 5.70. The molecule has 3 nitrogen and oxygen atoms in total. The smallest absolute Gasteiger partial charge is 0.101 e. The zero-order valence-electron chi connectivity index (χ0n) is 10.8. The van der Waals surface area contributed by atoms with Crippen LogP contribution in [-0.4, -0.2) is 34.1 Å². The Balaban J connectivity index is 2.25. The largest absolute Gasteiger partial charge is 0.390 e. The lowest BCUT2D eigenvalue weighted by Crippen LogP contribution is -2.56. The first kappa shape index (κ1) is 12.8. The zero-order chi connectivity index (χ0) is 12.6. The predicted octanol–water partition coefficient (Wildman–Crippen LogP) is 1.80. The van der Waals surface area contributed by atoms with Gasteiger partial charge < -0.3 is 14.9 Å². The van der Waals surface area contributed by atoms with E-state index in [9.17, 15) is 10.2 Å². The summed E-state index contributed by atoms with van der Waals surface area (Å²) < 4.78 is 5.91. The minimum absolute atomic E-state index is 0.0114. The molecule has 17 heavy (non-hydrogen) atoms. The van der Waals surface area contributed by atoms with Gasteiger partial charge in [-0.1, -0.05) is 18.2 Å². The highest BCUT2D eigenvalue weighted by Crippen LogP contribution is 2.41. The molecule has 3 heteroatoms. The summed E-state index contributed by atoms with van der Waals surface area (Å²) in [5.41, 5.74) is 0.175. The van der Waals surface area contributed by atoms with Gasteiger partial charge >= 0.3 is 0 Å². The topological polar surface area (TPSA) is 49.7 Å². The summed E-state index contributed by atoms with van der Waals surface area (Å²) in [4.78, 5) is 0. The third-order valence-corrected chi connectivity index (χ3v) is 4.02. The second kappa shape index (κ2) is 4.56. The van der Waals surface area contributed by atoms with Crippen LogP contribution in [0.5, 0.6) is 0 Å². The van der Waals surface area contributed by atoms with Crippen molar-refractivity contribution in [3.63, 3.8) is 0 Å². The quantitative estimate of drug-likeness (QED) is 0.685. The fourth-order valence-electron chi connectivity index (χ4n) is 2.96. The van der Waals surface area contributed by atoms with Crippen LogP contribution in [0.3, 0.4) is 0 Å². The molecule has 2 aliphatic rings. The van der Waals surface area contributed by atoms with Crippen LogP contribution in [0.1, 0.15) is 33.6 Å². The zero-order valence-corrected chi connectivity index (χ0v) is 10.8. The van der Waals surface area contributed by atoms with Gasteiger partial charge in [-0.05, 0) is 32.8 Å². The number of fused-ring (bicyclic) bond motifs is 1. The molecule has 0 spiro atoms. The van der Waals surface area contributed by atoms with Crippen LogP contribution in [-0.2, 0) is 4.74 Å². The molecule has 0 aromatic heterocycles. The standard InChI is InChI=1S/C14H22O3/c1-4-5-10-8-14(3,16)11-7-6-9(2)12(15)13(11)17-10/h4-6,10-13,15-16H,7-8H2,1-3H3/b5-4+. The maximum absolute atomic E-state index is 10.5. The van der Waals surface area contributed by atoms with Crippen molar-refractivity contribution in [2.75, 3.05) is 0 Å². The summed E-state index contributed by atoms with van der Waals surface area (Å²) in [6.07, 6.45) is 6.29. The fraction of sp³-hybridized carbons (Fsp3) is 0.714. The minimum Gasteiger partial charge on any atom is -0.390 e. The van der Waals surface area contributed by atoms with E-state index in [2.05, 4.69) is 0 Å². The highest BCUT2D eigenvalue weighted by molar-refractivity contribution is 5.17. The van der Waals surface area contributed by atoms with Gasteiger partial charge in [0.25, 0.3) is 0 Å². The molecule has 1 aliphatic heterocycles. The Morgan fingerprint density at radius 3 is 2.88 bits per heavy atom. The van der Waals surface area contributed by atoms with E-state index in [1.54, 1.807) is 0 Å². The lowest BCUT2D eigenvalue weighted by atomic mass is 9.71. The van der Waals surface area contributed by atoms with E-state index in [4.69, 9.17) is 4.74 Å². The van der Waals surface area contributed by atoms with Crippen molar-refractivity contribution >= 4 is 0 Å². The van der Waals surface area contributed by atoms with Crippen LogP contribution < -0.4 is 0 Å². The number of aliphatic hydroxyl groups excluding tert-OH is 1. The molecule has 5 atom stereocenters. The number of rotatable bonds is 1. The molecule has 5 unspecified atom stereocenters. The SMILES string of the molecule is C/C=C/C1CC(C)(O)C2CC=C(C)C(O)C2O1. The Morgan fingerprint density at radius 1 is 1.53 bits per heavy atom. The molecule has 2 rings (SSSR count). The van der Waals surface area contributed by atoms with Gasteiger partial charge in [0.05, 0.1) is 17.8 Å². The van der Waals surface area contributed by atoms with Gasteiger partial charge in [0.2, 0.25) is 0 Å². The molecule has 1 fully saturated rings. The third kappa shape index (κ3) is 2.32. The highest BCUT2D eigenvalue weighted by Gasteiger charge is 2.48. The lowest BCUT2D eigenvalue weighted by Gasteiger charge is -2.48. The fourth-order valence-corrected chi connectivity index (χ4v) is 2.96. The van der Waals surface area contributed by atoms with Crippen molar-refractivity contribution in [1.29, 1.82) is 0 Å². The Kier molecular flexibility index (Phi) is 3.43. The van der Waals surface area contributed by atoms with Gasteiger partial charge in [-0.25, -0.2) is 0 Å². The molecule has 0 saturated carbocycles. The lowest BCUT2D eigenvalue weighted by molar-refractivity contribution is -0.192. The second-order valence-corrected chi connectivity index (χ2v) is 5.46. The number of ether oxygens (including phenoxy) is 1. The molecule has 96 valence electrons. The Morgan fingerprint density at radius 2 is 2.24 bits per heavy atom. The average molecular weight is 238 g/mol. The van der Waals surface area contributed by atoms with Gasteiger partial charge in [0.15, 0.2) is 0 Å². The molecular formula is C14H22O3. The number of allylic oxidation sites excluding steroid dienone is 2. The van der Waals surface area contributed by atoms with Crippen LogP contribution in [0.2, 0.25) is 0 Å². The van der Waals surface area contributed by atoms with Crippen LogP contribution >= 0.6 is 0 Å². The van der Waals surface area contributed by atoms with Crippen molar-refractivity contribution in [3.8, 4) is 0 Å². The van der Waals surface area contributed by atoms with Crippen LogP contribution in [0.4, 0.5) is 0 Å². The molecule has 2 N–H and O–H groups in total. The molecule has 0 aromatic carbocycles. The average Bonchev–Trinajstić information content (AvgIpc) is 2.23. The summed E-state index contributed by atoms with van der Waals surface area (Å²) >= 11 is 0. The highest BCUT2D eigenvalue weighted by atomic mass is 16.5. The van der Waals surface area contributed by atoms with Gasteiger partial charge in [0, 0.05) is 12.3 Å². The normalized spacial score (nSPS) is 46.8. The molecule has 0 aromatic rings. The summed E-state index contributed by atoms with van der Waals surface area (Å²) in [6, 6.07) is 0. The Hall–Kier alpha value is -0.640. The van der Waals surface area contributed by atoms with E-state index in [1.165, 1.54) is 0 Å². The van der Waals surface area contributed by atoms with E-state index >= 15 is 0 Å². The number of hydrogen-bond donors (Lipinski definition) is 2. The summed E-state index contributed by atoms with van der Waals surface area (Å²) in [5.74, 6) is -0.0114. The maximum atomic E-state index is 10.5. The third-order valence-electron chi connectivity index (χ3n) is 4.02. The van der Waals surface area contributed by atoms with Gasteiger partial charge in [-0.3, -0.25) is 0 Å². The second-order valence-electron chi connectivity index (χ2n) is 5.46. The first-order valence-corrected chi connectivity index (χ1v) is 6.31.